The summed E-state index contributed by atoms with van der Waals surface area (Å²) < 4.78 is 4.95. The third kappa shape index (κ3) is 11.0. The average Bonchev–Trinajstić information content (AvgIpc) is 2.33. The Kier molecular flexibility index (Phi) is 10.9. The lowest BCUT2D eigenvalue weighted by Gasteiger charge is -2.20. The molecule has 114 valence electrons. The number of rotatable bonds is 11. The molecule has 0 aliphatic carbocycles. The molecular weight excluding hydrogens is 240 g/mol. The zero-order valence-electron chi connectivity index (χ0n) is 13.3. The standard InChI is InChI=1S/C15H32N2O2/c1-12(2)8-6-9-13(3)17-14(4)15(18)16-10-7-11-19-5/h12-14,17H,6-11H2,1-5H3,(H,16,18). The summed E-state index contributed by atoms with van der Waals surface area (Å²) in [7, 11) is 1.67. The average molecular weight is 272 g/mol. The second-order valence-corrected chi connectivity index (χ2v) is 5.75. The third-order valence-corrected chi connectivity index (χ3v) is 3.17. The first kappa shape index (κ1) is 18.4. The molecule has 2 atom stereocenters. The molecule has 0 aliphatic heterocycles. The van der Waals surface area contributed by atoms with Gasteiger partial charge in [0.1, 0.15) is 0 Å². The molecule has 0 heterocycles. The summed E-state index contributed by atoms with van der Waals surface area (Å²) >= 11 is 0. The summed E-state index contributed by atoms with van der Waals surface area (Å²) in [5.74, 6) is 0.834. The van der Waals surface area contributed by atoms with E-state index in [1.54, 1.807) is 7.11 Å². The highest BCUT2D eigenvalue weighted by Crippen LogP contribution is 2.08. The van der Waals surface area contributed by atoms with Gasteiger partial charge in [0, 0.05) is 26.3 Å². The number of nitrogens with one attached hydrogen (secondary N) is 2. The van der Waals surface area contributed by atoms with Gasteiger partial charge in [-0.15, -0.1) is 0 Å². The minimum atomic E-state index is -0.128. The molecule has 0 saturated carbocycles. The third-order valence-electron chi connectivity index (χ3n) is 3.17. The minimum absolute atomic E-state index is 0.0758. The molecule has 0 fully saturated rings. The normalized spacial score (nSPS) is 14.4. The van der Waals surface area contributed by atoms with Gasteiger partial charge in [0.15, 0.2) is 0 Å². The molecule has 0 aromatic rings. The van der Waals surface area contributed by atoms with Crippen LogP contribution in [0, 0.1) is 5.92 Å². The maximum Gasteiger partial charge on any atom is 0.236 e. The SMILES string of the molecule is COCCCNC(=O)C(C)NC(C)CCCC(C)C. The summed E-state index contributed by atoms with van der Waals surface area (Å²) in [5.41, 5.74) is 0. The van der Waals surface area contributed by atoms with Crippen molar-refractivity contribution in [3.8, 4) is 0 Å². The van der Waals surface area contributed by atoms with Crippen molar-refractivity contribution in [2.45, 2.75) is 65.5 Å². The van der Waals surface area contributed by atoms with Gasteiger partial charge in [-0.25, -0.2) is 0 Å². The van der Waals surface area contributed by atoms with Gasteiger partial charge in [0.05, 0.1) is 6.04 Å². The van der Waals surface area contributed by atoms with Crippen molar-refractivity contribution in [1.29, 1.82) is 0 Å². The highest BCUT2D eigenvalue weighted by Gasteiger charge is 2.14. The van der Waals surface area contributed by atoms with Crippen LogP contribution in [0.25, 0.3) is 0 Å². The first-order valence-electron chi connectivity index (χ1n) is 7.50. The van der Waals surface area contributed by atoms with E-state index in [1.165, 1.54) is 12.8 Å². The maximum atomic E-state index is 11.8. The number of methoxy groups -OCH3 is 1. The number of hydrogen-bond donors (Lipinski definition) is 2. The maximum absolute atomic E-state index is 11.8. The quantitative estimate of drug-likeness (QED) is 0.568. The summed E-state index contributed by atoms with van der Waals surface area (Å²) in [6, 6.07) is 0.259. The Bertz CT molecular complexity index is 232. The van der Waals surface area contributed by atoms with Crippen molar-refractivity contribution in [3.05, 3.63) is 0 Å². The molecule has 4 heteroatoms. The van der Waals surface area contributed by atoms with E-state index in [2.05, 4.69) is 31.4 Å². The molecule has 0 aliphatic rings. The van der Waals surface area contributed by atoms with Crippen LogP contribution in [0.2, 0.25) is 0 Å². The first-order chi connectivity index (χ1) is 8.97. The van der Waals surface area contributed by atoms with E-state index < -0.39 is 0 Å². The van der Waals surface area contributed by atoms with Crippen LogP contribution in [0.15, 0.2) is 0 Å². The summed E-state index contributed by atoms with van der Waals surface area (Å²) in [6.07, 6.45) is 4.45. The zero-order valence-corrected chi connectivity index (χ0v) is 13.3. The van der Waals surface area contributed by atoms with Gasteiger partial charge in [-0.3, -0.25) is 4.79 Å². The van der Waals surface area contributed by atoms with Crippen molar-refractivity contribution in [2.75, 3.05) is 20.3 Å². The number of amides is 1. The number of hydrogen-bond acceptors (Lipinski definition) is 3. The Balaban J connectivity index is 3.69. The lowest BCUT2D eigenvalue weighted by molar-refractivity contribution is -0.122. The Morgan fingerprint density at radius 2 is 1.79 bits per heavy atom. The fraction of sp³-hybridized carbons (Fsp3) is 0.933. The van der Waals surface area contributed by atoms with E-state index in [9.17, 15) is 4.79 Å². The second kappa shape index (κ2) is 11.2. The van der Waals surface area contributed by atoms with Crippen molar-refractivity contribution in [1.82, 2.24) is 10.6 Å². The van der Waals surface area contributed by atoms with Crippen LogP contribution in [0.1, 0.15) is 53.4 Å². The smallest absolute Gasteiger partial charge is 0.236 e. The topological polar surface area (TPSA) is 50.4 Å². The number of carbonyl (C=O) groups excluding carboxylic acids is 1. The Labute approximate surface area is 118 Å². The van der Waals surface area contributed by atoms with E-state index in [4.69, 9.17) is 4.74 Å². The van der Waals surface area contributed by atoms with Crippen molar-refractivity contribution in [2.24, 2.45) is 5.92 Å². The highest BCUT2D eigenvalue weighted by molar-refractivity contribution is 5.81. The molecule has 4 nitrogen and oxygen atoms in total. The first-order valence-corrected chi connectivity index (χ1v) is 7.50. The van der Waals surface area contributed by atoms with E-state index in [0.29, 0.717) is 19.2 Å². The van der Waals surface area contributed by atoms with Gasteiger partial charge in [0.25, 0.3) is 0 Å². The lowest BCUT2D eigenvalue weighted by Crippen LogP contribution is -2.46. The predicted octanol–water partition coefficient (Wildman–Crippen LogP) is 2.33. The fourth-order valence-corrected chi connectivity index (χ4v) is 2.00. The summed E-state index contributed by atoms with van der Waals surface area (Å²) in [4.78, 5) is 11.8. The van der Waals surface area contributed by atoms with Crippen LogP contribution in [0.5, 0.6) is 0 Å². The molecule has 0 radical (unpaired) electrons. The number of carbonyl (C=O) groups is 1. The highest BCUT2D eigenvalue weighted by atomic mass is 16.5. The minimum Gasteiger partial charge on any atom is -0.385 e. The van der Waals surface area contributed by atoms with Crippen LogP contribution in [0.4, 0.5) is 0 Å². The molecule has 0 spiro atoms. The van der Waals surface area contributed by atoms with Crippen LogP contribution < -0.4 is 10.6 Å². The fourth-order valence-electron chi connectivity index (χ4n) is 2.00. The molecule has 0 saturated heterocycles. The Hall–Kier alpha value is -0.610. The molecule has 2 unspecified atom stereocenters. The van der Waals surface area contributed by atoms with Crippen molar-refractivity contribution < 1.29 is 9.53 Å². The van der Waals surface area contributed by atoms with Gasteiger partial charge >= 0.3 is 0 Å². The number of ether oxygens (including phenoxy) is 1. The Morgan fingerprint density at radius 1 is 1.11 bits per heavy atom. The van der Waals surface area contributed by atoms with Gasteiger partial charge in [-0.2, -0.15) is 0 Å². The van der Waals surface area contributed by atoms with Gasteiger partial charge in [0.2, 0.25) is 5.91 Å². The van der Waals surface area contributed by atoms with Crippen molar-refractivity contribution >= 4 is 5.91 Å². The van der Waals surface area contributed by atoms with Crippen LogP contribution >= 0.6 is 0 Å². The van der Waals surface area contributed by atoms with Crippen LogP contribution in [-0.4, -0.2) is 38.3 Å². The molecule has 0 aromatic carbocycles. The Morgan fingerprint density at radius 3 is 2.37 bits per heavy atom. The van der Waals surface area contributed by atoms with E-state index in [0.717, 1.165) is 18.8 Å². The molecule has 2 N–H and O–H groups in total. The molecule has 0 bridgehead atoms. The zero-order chi connectivity index (χ0) is 14.7. The largest absolute Gasteiger partial charge is 0.385 e. The molecule has 1 amide bonds. The molecule has 19 heavy (non-hydrogen) atoms. The van der Waals surface area contributed by atoms with Gasteiger partial charge < -0.3 is 15.4 Å². The van der Waals surface area contributed by atoms with E-state index >= 15 is 0 Å². The molecular formula is C15H32N2O2. The van der Waals surface area contributed by atoms with Crippen molar-refractivity contribution in [3.63, 3.8) is 0 Å². The van der Waals surface area contributed by atoms with Crippen LogP contribution in [0.3, 0.4) is 0 Å². The van der Waals surface area contributed by atoms with Crippen LogP contribution in [-0.2, 0) is 9.53 Å². The second-order valence-electron chi connectivity index (χ2n) is 5.75. The predicted molar refractivity (Wildman–Crippen MR) is 80.3 cm³/mol. The van der Waals surface area contributed by atoms with E-state index in [-0.39, 0.29) is 11.9 Å². The monoisotopic (exact) mass is 272 g/mol. The van der Waals surface area contributed by atoms with Gasteiger partial charge in [-0.1, -0.05) is 26.7 Å². The summed E-state index contributed by atoms with van der Waals surface area (Å²) in [5, 5.41) is 6.27. The van der Waals surface area contributed by atoms with E-state index in [1.807, 2.05) is 6.92 Å². The lowest BCUT2D eigenvalue weighted by atomic mass is 10.0. The molecule has 0 aromatic heterocycles. The molecule has 0 rings (SSSR count). The summed E-state index contributed by atoms with van der Waals surface area (Å²) in [6.45, 7) is 9.93. The van der Waals surface area contributed by atoms with Gasteiger partial charge in [-0.05, 0) is 32.6 Å².